The molecule has 0 spiro atoms. The molecule has 16 heavy (non-hydrogen) atoms. The molecule has 0 aliphatic carbocycles. The molecule has 0 atom stereocenters. The first-order chi connectivity index (χ1) is 7.75. The quantitative estimate of drug-likeness (QED) is 0.832. The fourth-order valence-corrected chi connectivity index (χ4v) is 1.83. The second kappa shape index (κ2) is 5.14. The molecule has 88 valence electrons. The largest absolute Gasteiger partial charge is 0.342 e. The van der Waals surface area contributed by atoms with Crippen molar-refractivity contribution < 1.29 is 0 Å². The van der Waals surface area contributed by atoms with E-state index in [1.165, 1.54) is 19.3 Å². The molecule has 0 fully saturated rings. The first-order valence-corrected chi connectivity index (χ1v) is 6.10. The molecule has 1 aromatic heterocycles. The number of anilines is 1. The fraction of sp³-hybridized carbons (Fsp3) is 0.667. The average Bonchev–Trinajstić information content (AvgIpc) is 2.56. The Labute approximate surface area is 96.8 Å². The summed E-state index contributed by atoms with van der Waals surface area (Å²) in [6.45, 7) is 5.21. The summed E-state index contributed by atoms with van der Waals surface area (Å²) in [6.07, 6.45) is 8.72. The number of hydrogen-bond donors (Lipinski definition) is 1. The lowest BCUT2D eigenvalue weighted by Crippen LogP contribution is -2.11. The first-order valence-electron chi connectivity index (χ1n) is 6.10. The van der Waals surface area contributed by atoms with Gasteiger partial charge in [0, 0.05) is 25.2 Å². The molecule has 1 aliphatic heterocycles. The van der Waals surface area contributed by atoms with E-state index in [2.05, 4.69) is 29.3 Å². The summed E-state index contributed by atoms with van der Waals surface area (Å²) in [4.78, 5) is 4.54. The van der Waals surface area contributed by atoms with Gasteiger partial charge in [0.2, 0.25) is 0 Å². The van der Waals surface area contributed by atoms with Crippen molar-refractivity contribution in [1.29, 1.82) is 0 Å². The normalized spacial score (nSPS) is 17.1. The van der Waals surface area contributed by atoms with Gasteiger partial charge in [-0.05, 0) is 26.7 Å². The predicted octanol–water partition coefficient (Wildman–Crippen LogP) is 2.85. The van der Waals surface area contributed by atoms with Crippen LogP contribution in [0.25, 0.3) is 0 Å². The summed E-state index contributed by atoms with van der Waals surface area (Å²) < 4.78 is 1.96. The van der Waals surface area contributed by atoms with Crippen molar-refractivity contribution in [2.24, 2.45) is 4.99 Å². The minimum Gasteiger partial charge on any atom is -0.342 e. The van der Waals surface area contributed by atoms with Crippen molar-refractivity contribution in [3.63, 3.8) is 0 Å². The Morgan fingerprint density at radius 2 is 2.19 bits per heavy atom. The van der Waals surface area contributed by atoms with Crippen molar-refractivity contribution in [3.8, 4) is 0 Å². The van der Waals surface area contributed by atoms with Gasteiger partial charge in [0.15, 0.2) is 0 Å². The minimum absolute atomic E-state index is 0.409. The maximum Gasteiger partial charge on any atom is 0.101 e. The Kier molecular flexibility index (Phi) is 3.59. The zero-order valence-corrected chi connectivity index (χ0v) is 10.1. The molecule has 0 amide bonds. The molecule has 1 aromatic rings. The topological polar surface area (TPSA) is 42.2 Å². The van der Waals surface area contributed by atoms with Crippen LogP contribution in [0.15, 0.2) is 17.4 Å². The Morgan fingerprint density at radius 1 is 1.31 bits per heavy atom. The van der Waals surface area contributed by atoms with Gasteiger partial charge in [-0.25, -0.2) is 0 Å². The molecule has 1 N–H and O–H groups in total. The van der Waals surface area contributed by atoms with Crippen molar-refractivity contribution >= 4 is 11.5 Å². The molecule has 1 aliphatic rings. The molecule has 2 rings (SSSR count). The SMILES string of the molecule is CC(C)n1cc(NC2=NCCCCC2)cn1. The Morgan fingerprint density at radius 3 is 2.94 bits per heavy atom. The van der Waals surface area contributed by atoms with Crippen LogP contribution in [0.5, 0.6) is 0 Å². The number of nitrogens with zero attached hydrogens (tertiary/aromatic N) is 3. The van der Waals surface area contributed by atoms with E-state index in [0.29, 0.717) is 6.04 Å². The predicted molar refractivity (Wildman–Crippen MR) is 67.0 cm³/mol. The van der Waals surface area contributed by atoms with Crippen LogP contribution in [0.1, 0.15) is 45.6 Å². The smallest absolute Gasteiger partial charge is 0.101 e. The van der Waals surface area contributed by atoms with Gasteiger partial charge in [-0.15, -0.1) is 0 Å². The summed E-state index contributed by atoms with van der Waals surface area (Å²) in [5.74, 6) is 1.11. The van der Waals surface area contributed by atoms with Crippen LogP contribution in [0, 0.1) is 0 Å². The van der Waals surface area contributed by atoms with Gasteiger partial charge >= 0.3 is 0 Å². The molecule has 0 saturated heterocycles. The molecule has 4 nitrogen and oxygen atoms in total. The third kappa shape index (κ3) is 2.84. The Bertz CT molecular complexity index is 365. The molecule has 4 heteroatoms. The molecule has 0 unspecified atom stereocenters. The van der Waals surface area contributed by atoms with E-state index in [1.807, 2.05) is 17.1 Å². The van der Waals surface area contributed by atoms with E-state index in [9.17, 15) is 0 Å². The second-order valence-corrected chi connectivity index (χ2v) is 4.57. The number of aromatic nitrogens is 2. The second-order valence-electron chi connectivity index (χ2n) is 4.57. The van der Waals surface area contributed by atoms with Crippen LogP contribution in [-0.2, 0) is 0 Å². The molecular weight excluding hydrogens is 200 g/mol. The molecule has 0 radical (unpaired) electrons. The molecule has 0 bridgehead atoms. The van der Waals surface area contributed by atoms with Gasteiger partial charge < -0.3 is 5.32 Å². The maximum absolute atomic E-state index is 4.54. The zero-order chi connectivity index (χ0) is 11.4. The lowest BCUT2D eigenvalue weighted by molar-refractivity contribution is 0.532. The number of aliphatic imine (C=N–C) groups is 1. The van der Waals surface area contributed by atoms with Gasteiger partial charge in [0.05, 0.1) is 11.9 Å². The highest BCUT2D eigenvalue weighted by Crippen LogP contribution is 2.13. The third-order valence-corrected chi connectivity index (χ3v) is 2.79. The number of hydrogen-bond acceptors (Lipinski definition) is 3. The van der Waals surface area contributed by atoms with Gasteiger partial charge in [-0.1, -0.05) is 6.42 Å². The summed E-state index contributed by atoms with van der Waals surface area (Å²) in [6, 6.07) is 0.409. The van der Waals surface area contributed by atoms with Crippen LogP contribution in [0.3, 0.4) is 0 Å². The van der Waals surface area contributed by atoms with Crippen LogP contribution >= 0.6 is 0 Å². The molecule has 2 heterocycles. The van der Waals surface area contributed by atoms with E-state index >= 15 is 0 Å². The first kappa shape index (κ1) is 11.2. The summed E-state index contributed by atoms with van der Waals surface area (Å²) >= 11 is 0. The molecular formula is C12H20N4. The molecule has 0 aromatic carbocycles. The number of amidine groups is 1. The van der Waals surface area contributed by atoms with Crippen molar-refractivity contribution in [1.82, 2.24) is 9.78 Å². The van der Waals surface area contributed by atoms with E-state index in [4.69, 9.17) is 0 Å². The monoisotopic (exact) mass is 220 g/mol. The molecule has 0 saturated carbocycles. The Balaban J connectivity index is 1.99. The highest BCUT2D eigenvalue weighted by atomic mass is 15.3. The third-order valence-electron chi connectivity index (χ3n) is 2.79. The zero-order valence-electron chi connectivity index (χ0n) is 10.1. The fourth-order valence-electron chi connectivity index (χ4n) is 1.83. The van der Waals surface area contributed by atoms with Crippen molar-refractivity contribution in [3.05, 3.63) is 12.4 Å². The lowest BCUT2D eigenvalue weighted by atomic mass is 10.2. The number of nitrogens with one attached hydrogen (secondary N) is 1. The standard InChI is InChI=1S/C12H20N4/c1-10(2)16-9-11(8-14-16)15-12-6-4-3-5-7-13-12/h8-10H,3-7H2,1-2H3,(H,13,15). The van der Waals surface area contributed by atoms with Gasteiger partial charge in [0.1, 0.15) is 5.84 Å². The Hall–Kier alpha value is -1.32. The highest BCUT2D eigenvalue weighted by Gasteiger charge is 2.06. The van der Waals surface area contributed by atoms with E-state index in [0.717, 1.165) is 24.5 Å². The van der Waals surface area contributed by atoms with Crippen LogP contribution in [0.4, 0.5) is 5.69 Å². The number of rotatable bonds is 2. The van der Waals surface area contributed by atoms with E-state index < -0.39 is 0 Å². The minimum atomic E-state index is 0.409. The van der Waals surface area contributed by atoms with Gasteiger partial charge in [-0.3, -0.25) is 9.67 Å². The van der Waals surface area contributed by atoms with Gasteiger partial charge in [-0.2, -0.15) is 5.10 Å². The van der Waals surface area contributed by atoms with Crippen molar-refractivity contribution in [2.75, 3.05) is 11.9 Å². The van der Waals surface area contributed by atoms with Crippen LogP contribution in [0.2, 0.25) is 0 Å². The van der Waals surface area contributed by atoms with E-state index in [1.54, 1.807) is 0 Å². The van der Waals surface area contributed by atoms with Crippen LogP contribution in [-0.4, -0.2) is 22.2 Å². The lowest BCUT2D eigenvalue weighted by Gasteiger charge is -2.06. The van der Waals surface area contributed by atoms with E-state index in [-0.39, 0.29) is 0 Å². The highest BCUT2D eigenvalue weighted by molar-refractivity contribution is 5.95. The summed E-state index contributed by atoms with van der Waals surface area (Å²) in [7, 11) is 0. The maximum atomic E-state index is 4.54. The average molecular weight is 220 g/mol. The summed E-state index contributed by atoms with van der Waals surface area (Å²) in [5.41, 5.74) is 1.05. The van der Waals surface area contributed by atoms with Gasteiger partial charge in [0.25, 0.3) is 0 Å². The van der Waals surface area contributed by atoms with Crippen LogP contribution < -0.4 is 5.32 Å². The van der Waals surface area contributed by atoms with Crippen molar-refractivity contribution in [2.45, 2.75) is 45.6 Å². The summed E-state index contributed by atoms with van der Waals surface area (Å²) in [5, 5.41) is 7.67.